The Labute approximate surface area is 516 Å². The standard InChI is InChI=1S/C77H138O6/c1-4-7-10-13-16-19-22-25-28-31-34-37-38-41-43-46-49-52-55-58-61-64-67-70-76(79)82-73-74(83-77(80)71-68-65-62-59-56-53-50-47-44-40-36-33-30-27-24-21-18-15-12-9-6-3)72-81-75(78)69-66-63-60-57-54-51-48-45-42-39-35-32-29-26-23-20-17-14-11-8-5-2/h7,10,16,19,25,28,32-37,74H,4-6,8-9,11-15,17-18,20-24,26-27,29-31,38-73H2,1-3H3/b10-7-,19-16-,28-25-,35-32-,36-33-,37-34-. The van der Waals surface area contributed by atoms with E-state index in [1.807, 2.05) is 0 Å². The Kier molecular flexibility index (Phi) is 68.6. The molecule has 0 aromatic heterocycles. The minimum Gasteiger partial charge on any atom is -0.462 e. The Hall–Kier alpha value is -3.15. The van der Waals surface area contributed by atoms with Gasteiger partial charge in [-0.2, -0.15) is 0 Å². The maximum Gasteiger partial charge on any atom is 0.306 e. The maximum absolute atomic E-state index is 13.0. The van der Waals surface area contributed by atoms with Gasteiger partial charge in [-0.25, -0.2) is 0 Å². The number of hydrogen-bond donors (Lipinski definition) is 0. The maximum atomic E-state index is 13.0. The lowest BCUT2D eigenvalue weighted by Crippen LogP contribution is -2.30. The number of unbranched alkanes of at least 4 members (excludes halogenated alkanes) is 44. The zero-order valence-electron chi connectivity index (χ0n) is 55.5. The second-order valence-corrected chi connectivity index (χ2v) is 24.5. The minimum atomic E-state index is -0.781. The number of carbonyl (C=O) groups excluding carboxylic acids is 3. The van der Waals surface area contributed by atoms with E-state index < -0.39 is 6.10 Å². The molecule has 0 aromatic carbocycles. The summed E-state index contributed by atoms with van der Waals surface area (Å²) in [5, 5.41) is 0. The van der Waals surface area contributed by atoms with E-state index in [1.165, 1.54) is 257 Å². The quantitative estimate of drug-likeness (QED) is 0.0261. The lowest BCUT2D eigenvalue weighted by atomic mass is 10.0. The van der Waals surface area contributed by atoms with Crippen LogP contribution in [0.3, 0.4) is 0 Å². The number of hydrogen-bond acceptors (Lipinski definition) is 6. The van der Waals surface area contributed by atoms with Gasteiger partial charge >= 0.3 is 17.9 Å². The Bertz CT molecular complexity index is 1520. The first-order chi connectivity index (χ1) is 41.0. The molecule has 0 heterocycles. The molecule has 1 unspecified atom stereocenters. The molecule has 0 aliphatic carbocycles. The van der Waals surface area contributed by atoms with Gasteiger partial charge in [-0.15, -0.1) is 0 Å². The molecule has 0 aliphatic rings. The van der Waals surface area contributed by atoms with Crippen LogP contribution in [0.5, 0.6) is 0 Å². The van der Waals surface area contributed by atoms with Gasteiger partial charge in [0.25, 0.3) is 0 Å². The Balaban J connectivity index is 4.36. The van der Waals surface area contributed by atoms with E-state index >= 15 is 0 Å². The molecular weight excluding hydrogens is 1020 g/mol. The molecule has 0 saturated carbocycles. The van der Waals surface area contributed by atoms with Crippen LogP contribution in [0, 0.1) is 0 Å². The predicted molar refractivity (Wildman–Crippen MR) is 362 cm³/mol. The summed E-state index contributed by atoms with van der Waals surface area (Å²) in [6, 6.07) is 0. The Morgan fingerprint density at radius 1 is 0.253 bits per heavy atom. The Morgan fingerprint density at radius 3 is 0.747 bits per heavy atom. The normalized spacial score (nSPS) is 12.5. The molecule has 6 heteroatoms. The summed E-state index contributed by atoms with van der Waals surface area (Å²) in [5.74, 6) is -0.860. The van der Waals surface area contributed by atoms with Gasteiger partial charge in [0.05, 0.1) is 0 Å². The SMILES string of the molecule is CC/C=C\C/C=C\C/C=C\C/C=C\CCCCCCCCCCCCC(=O)OCC(COC(=O)CCCCCCCCCCC/C=C\CCCCCCCCCC)OC(=O)CCCCCCCCCCC/C=C\CCCCCCCCCC. The molecular formula is C77H138O6. The largest absolute Gasteiger partial charge is 0.462 e. The highest BCUT2D eigenvalue weighted by atomic mass is 16.6. The van der Waals surface area contributed by atoms with Crippen molar-refractivity contribution < 1.29 is 28.6 Å². The van der Waals surface area contributed by atoms with Crippen molar-refractivity contribution in [3.05, 3.63) is 72.9 Å². The molecule has 6 nitrogen and oxygen atoms in total. The number of ether oxygens (including phenoxy) is 3. The fourth-order valence-corrected chi connectivity index (χ4v) is 10.7. The van der Waals surface area contributed by atoms with Gasteiger partial charge in [-0.05, 0) is 109 Å². The molecule has 0 spiro atoms. The molecule has 0 amide bonds. The lowest BCUT2D eigenvalue weighted by molar-refractivity contribution is -0.167. The number of allylic oxidation sites excluding steroid dienone is 12. The average Bonchev–Trinajstić information content (AvgIpc) is 3.49. The average molecular weight is 1160 g/mol. The van der Waals surface area contributed by atoms with Crippen LogP contribution in [0.15, 0.2) is 72.9 Å². The molecule has 0 fully saturated rings. The van der Waals surface area contributed by atoms with Gasteiger partial charge in [0.2, 0.25) is 0 Å². The van der Waals surface area contributed by atoms with Gasteiger partial charge < -0.3 is 14.2 Å². The van der Waals surface area contributed by atoms with Crippen molar-refractivity contribution >= 4 is 17.9 Å². The Morgan fingerprint density at radius 2 is 0.470 bits per heavy atom. The van der Waals surface area contributed by atoms with Gasteiger partial charge in [0.15, 0.2) is 6.10 Å². The molecule has 0 radical (unpaired) electrons. The first kappa shape index (κ1) is 79.8. The number of rotatable bonds is 67. The monoisotopic (exact) mass is 1160 g/mol. The van der Waals surface area contributed by atoms with Crippen LogP contribution in [-0.2, 0) is 28.6 Å². The van der Waals surface area contributed by atoms with E-state index in [-0.39, 0.29) is 31.1 Å². The van der Waals surface area contributed by atoms with E-state index in [1.54, 1.807) is 0 Å². The van der Waals surface area contributed by atoms with E-state index in [0.29, 0.717) is 19.3 Å². The van der Waals surface area contributed by atoms with Crippen molar-refractivity contribution in [2.75, 3.05) is 13.2 Å². The second-order valence-electron chi connectivity index (χ2n) is 24.5. The highest BCUT2D eigenvalue weighted by Crippen LogP contribution is 2.18. The third-order valence-electron chi connectivity index (χ3n) is 16.2. The van der Waals surface area contributed by atoms with Crippen molar-refractivity contribution in [2.24, 2.45) is 0 Å². The highest BCUT2D eigenvalue weighted by Gasteiger charge is 2.19. The predicted octanol–water partition coefficient (Wildman–Crippen LogP) is 25.2. The van der Waals surface area contributed by atoms with Crippen molar-refractivity contribution in [3.63, 3.8) is 0 Å². The van der Waals surface area contributed by atoms with Crippen molar-refractivity contribution in [1.29, 1.82) is 0 Å². The van der Waals surface area contributed by atoms with E-state index in [0.717, 1.165) is 83.5 Å². The molecule has 0 saturated heterocycles. The van der Waals surface area contributed by atoms with Crippen LogP contribution < -0.4 is 0 Å². The third-order valence-corrected chi connectivity index (χ3v) is 16.2. The van der Waals surface area contributed by atoms with Crippen LogP contribution in [0.1, 0.15) is 380 Å². The van der Waals surface area contributed by atoms with Gasteiger partial charge in [0.1, 0.15) is 13.2 Å². The zero-order valence-corrected chi connectivity index (χ0v) is 55.5. The summed E-state index contributed by atoms with van der Waals surface area (Å²) in [6.45, 7) is 6.58. The highest BCUT2D eigenvalue weighted by molar-refractivity contribution is 5.71. The van der Waals surface area contributed by atoms with E-state index in [2.05, 4.69) is 93.7 Å². The van der Waals surface area contributed by atoms with Crippen molar-refractivity contribution in [3.8, 4) is 0 Å². The molecule has 1 atom stereocenters. The molecule has 482 valence electrons. The minimum absolute atomic E-state index is 0.0756. The summed E-state index contributed by atoms with van der Waals surface area (Å²) < 4.78 is 17.0. The van der Waals surface area contributed by atoms with Gasteiger partial charge in [0, 0.05) is 19.3 Å². The summed E-state index contributed by atoms with van der Waals surface area (Å²) in [7, 11) is 0. The molecule has 0 N–H and O–H groups in total. The number of carbonyl (C=O) groups is 3. The topological polar surface area (TPSA) is 78.9 Å². The number of esters is 3. The first-order valence-corrected chi connectivity index (χ1v) is 36.4. The molecule has 0 aromatic rings. The van der Waals surface area contributed by atoms with Crippen LogP contribution in [0.4, 0.5) is 0 Å². The second kappa shape index (κ2) is 71.3. The van der Waals surface area contributed by atoms with E-state index in [4.69, 9.17) is 14.2 Å². The molecule has 0 rings (SSSR count). The van der Waals surface area contributed by atoms with Crippen LogP contribution in [0.2, 0.25) is 0 Å². The lowest BCUT2D eigenvalue weighted by Gasteiger charge is -2.18. The van der Waals surface area contributed by atoms with E-state index in [9.17, 15) is 14.4 Å². The third kappa shape index (κ3) is 69.5. The zero-order chi connectivity index (χ0) is 59.9. The van der Waals surface area contributed by atoms with Gasteiger partial charge in [-0.1, -0.05) is 325 Å². The molecule has 0 bridgehead atoms. The van der Waals surface area contributed by atoms with Gasteiger partial charge in [-0.3, -0.25) is 14.4 Å². The summed E-state index contributed by atoms with van der Waals surface area (Å²) in [5.41, 5.74) is 0. The fourth-order valence-electron chi connectivity index (χ4n) is 10.7. The van der Waals surface area contributed by atoms with Crippen LogP contribution in [0.25, 0.3) is 0 Å². The van der Waals surface area contributed by atoms with Crippen LogP contribution >= 0.6 is 0 Å². The summed E-state index contributed by atoms with van der Waals surface area (Å²) in [4.78, 5) is 38.5. The summed E-state index contributed by atoms with van der Waals surface area (Å²) >= 11 is 0. The molecule has 0 aliphatic heterocycles. The van der Waals surface area contributed by atoms with Crippen LogP contribution in [-0.4, -0.2) is 37.2 Å². The van der Waals surface area contributed by atoms with Crippen molar-refractivity contribution in [2.45, 2.75) is 386 Å². The summed E-state index contributed by atoms with van der Waals surface area (Å²) in [6.07, 6.45) is 93.5. The fraction of sp³-hybridized carbons (Fsp3) is 0.805. The smallest absolute Gasteiger partial charge is 0.306 e. The first-order valence-electron chi connectivity index (χ1n) is 36.4. The van der Waals surface area contributed by atoms with Crippen molar-refractivity contribution in [1.82, 2.24) is 0 Å². The molecule has 83 heavy (non-hydrogen) atoms.